The Morgan fingerprint density at radius 1 is 1.44 bits per heavy atom. The predicted molar refractivity (Wildman–Crippen MR) is 68.6 cm³/mol. The van der Waals surface area contributed by atoms with E-state index in [9.17, 15) is 0 Å². The maximum absolute atomic E-state index is 3.46. The van der Waals surface area contributed by atoms with Gasteiger partial charge in [-0.05, 0) is 56.9 Å². The highest BCUT2D eigenvalue weighted by Crippen LogP contribution is 2.26. The average Bonchev–Trinajstić information content (AvgIpc) is 2.80. The van der Waals surface area contributed by atoms with Crippen LogP contribution in [0.2, 0.25) is 0 Å². The molecule has 0 bridgehead atoms. The van der Waals surface area contributed by atoms with Crippen molar-refractivity contribution in [1.29, 1.82) is 0 Å². The third-order valence-corrected chi connectivity index (χ3v) is 3.64. The molecule has 0 amide bonds. The smallest absolute Gasteiger partial charge is 0.0323 e. The summed E-state index contributed by atoms with van der Waals surface area (Å²) in [7, 11) is 2.07. The van der Waals surface area contributed by atoms with Crippen LogP contribution in [0.5, 0.6) is 0 Å². The second-order valence-electron chi connectivity index (χ2n) is 4.79. The maximum atomic E-state index is 3.46. The highest BCUT2D eigenvalue weighted by molar-refractivity contribution is 5.28. The van der Waals surface area contributed by atoms with Crippen molar-refractivity contribution in [3.05, 3.63) is 35.4 Å². The summed E-state index contributed by atoms with van der Waals surface area (Å²) >= 11 is 0. The molecule has 2 unspecified atom stereocenters. The number of hydrogen-bond acceptors (Lipinski definition) is 2. The largest absolute Gasteiger partial charge is 0.316 e. The van der Waals surface area contributed by atoms with Crippen LogP contribution in [-0.2, 0) is 0 Å². The average molecular weight is 218 g/mol. The van der Waals surface area contributed by atoms with Gasteiger partial charge < -0.3 is 10.6 Å². The first-order valence-electron chi connectivity index (χ1n) is 6.24. The number of hydrogen-bond donors (Lipinski definition) is 2. The molecule has 2 heteroatoms. The van der Waals surface area contributed by atoms with Gasteiger partial charge in [0.15, 0.2) is 0 Å². The van der Waals surface area contributed by atoms with Gasteiger partial charge in [0.05, 0.1) is 0 Å². The number of benzene rings is 1. The molecule has 1 aliphatic rings. The van der Waals surface area contributed by atoms with Crippen molar-refractivity contribution in [1.82, 2.24) is 10.6 Å². The summed E-state index contributed by atoms with van der Waals surface area (Å²) in [6.45, 7) is 4.57. The summed E-state index contributed by atoms with van der Waals surface area (Å²) in [6.07, 6.45) is 2.57. The van der Waals surface area contributed by atoms with Crippen molar-refractivity contribution >= 4 is 0 Å². The van der Waals surface area contributed by atoms with Crippen LogP contribution < -0.4 is 10.6 Å². The first-order chi connectivity index (χ1) is 7.81. The highest BCUT2D eigenvalue weighted by atomic mass is 14.9. The second kappa shape index (κ2) is 5.46. The first kappa shape index (κ1) is 11.6. The topological polar surface area (TPSA) is 24.1 Å². The minimum atomic E-state index is 0.506. The molecule has 1 heterocycles. The van der Waals surface area contributed by atoms with E-state index in [2.05, 4.69) is 48.9 Å². The molecule has 16 heavy (non-hydrogen) atoms. The van der Waals surface area contributed by atoms with Gasteiger partial charge in [-0.3, -0.25) is 0 Å². The summed E-state index contributed by atoms with van der Waals surface area (Å²) in [4.78, 5) is 0. The number of rotatable bonds is 4. The molecule has 0 spiro atoms. The monoisotopic (exact) mass is 218 g/mol. The van der Waals surface area contributed by atoms with Crippen molar-refractivity contribution in [3.63, 3.8) is 0 Å². The standard InChI is InChI=1S/C14H22N2/c1-11-5-3-4-6-13(11)14(15-2)9-12-7-8-16-10-12/h3-6,12,14-16H,7-10H2,1-2H3. The van der Waals surface area contributed by atoms with Gasteiger partial charge in [-0.15, -0.1) is 0 Å². The molecule has 0 radical (unpaired) electrons. The van der Waals surface area contributed by atoms with Crippen LogP contribution in [0.25, 0.3) is 0 Å². The minimum absolute atomic E-state index is 0.506. The van der Waals surface area contributed by atoms with E-state index in [1.807, 2.05) is 0 Å². The lowest BCUT2D eigenvalue weighted by Gasteiger charge is -2.21. The lowest BCUT2D eigenvalue weighted by molar-refractivity contribution is 0.429. The van der Waals surface area contributed by atoms with Crippen LogP contribution >= 0.6 is 0 Å². The molecule has 1 fully saturated rings. The Hall–Kier alpha value is -0.860. The molecule has 0 saturated carbocycles. The SMILES string of the molecule is CNC(CC1CCNC1)c1ccccc1C. The van der Waals surface area contributed by atoms with Crippen LogP contribution in [0.15, 0.2) is 24.3 Å². The van der Waals surface area contributed by atoms with Gasteiger partial charge >= 0.3 is 0 Å². The van der Waals surface area contributed by atoms with Crippen LogP contribution in [0, 0.1) is 12.8 Å². The van der Waals surface area contributed by atoms with Gasteiger partial charge in [-0.1, -0.05) is 24.3 Å². The van der Waals surface area contributed by atoms with Gasteiger partial charge in [-0.25, -0.2) is 0 Å². The Kier molecular flexibility index (Phi) is 3.97. The van der Waals surface area contributed by atoms with E-state index in [1.165, 1.54) is 37.1 Å². The van der Waals surface area contributed by atoms with Crippen LogP contribution in [0.4, 0.5) is 0 Å². The molecular weight excluding hydrogens is 196 g/mol. The van der Waals surface area contributed by atoms with E-state index < -0.39 is 0 Å². The number of nitrogens with one attached hydrogen (secondary N) is 2. The van der Waals surface area contributed by atoms with Gasteiger partial charge in [0, 0.05) is 6.04 Å². The maximum Gasteiger partial charge on any atom is 0.0323 e. The third kappa shape index (κ3) is 2.63. The molecule has 1 saturated heterocycles. The first-order valence-corrected chi connectivity index (χ1v) is 6.24. The summed E-state index contributed by atoms with van der Waals surface area (Å²) in [5.74, 6) is 0.831. The zero-order chi connectivity index (χ0) is 11.4. The minimum Gasteiger partial charge on any atom is -0.316 e. The summed E-state index contributed by atoms with van der Waals surface area (Å²) in [5.41, 5.74) is 2.85. The molecule has 2 atom stereocenters. The van der Waals surface area contributed by atoms with Crippen LogP contribution in [0.3, 0.4) is 0 Å². The quantitative estimate of drug-likeness (QED) is 0.810. The van der Waals surface area contributed by atoms with Crippen molar-refractivity contribution in [2.75, 3.05) is 20.1 Å². The Balaban J connectivity index is 2.06. The molecule has 1 aliphatic heterocycles. The lowest BCUT2D eigenvalue weighted by atomic mass is 9.92. The fourth-order valence-corrected chi connectivity index (χ4v) is 2.63. The van der Waals surface area contributed by atoms with Gasteiger partial charge in [0.25, 0.3) is 0 Å². The van der Waals surface area contributed by atoms with Gasteiger partial charge in [0.1, 0.15) is 0 Å². The van der Waals surface area contributed by atoms with E-state index in [0.29, 0.717) is 6.04 Å². The summed E-state index contributed by atoms with van der Waals surface area (Å²) < 4.78 is 0. The van der Waals surface area contributed by atoms with E-state index in [4.69, 9.17) is 0 Å². The summed E-state index contributed by atoms with van der Waals surface area (Å²) in [6, 6.07) is 9.21. The van der Waals surface area contributed by atoms with Crippen LogP contribution in [-0.4, -0.2) is 20.1 Å². The molecule has 0 aliphatic carbocycles. The van der Waals surface area contributed by atoms with Crippen LogP contribution in [0.1, 0.15) is 30.0 Å². The molecule has 2 nitrogen and oxygen atoms in total. The normalized spacial score (nSPS) is 22.2. The summed E-state index contributed by atoms with van der Waals surface area (Å²) in [5, 5.41) is 6.90. The van der Waals surface area contributed by atoms with Crippen molar-refractivity contribution in [3.8, 4) is 0 Å². The van der Waals surface area contributed by atoms with E-state index >= 15 is 0 Å². The van der Waals surface area contributed by atoms with E-state index in [0.717, 1.165) is 5.92 Å². The molecule has 88 valence electrons. The van der Waals surface area contributed by atoms with Gasteiger partial charge in [-0.2, -0.15) is 0 Å². The Labute approximate surface area is 98.4 Å². The Morgan fingerprint density at radius 2 is 2.25 bits per heavy atom. The molecule has 2 N–H and O–H groups in total. The van der Waals surface area contributed by atoms with Gasteiger partial charge in [0.2, 0.25) is 0 Å². The number of aryl methyl sites for hydroxylation is 1. The fraction of sp³-hybridized carbons (Fsp3) is 0.571. The van der Waals surface area contributed by atoms with E-state index in [-0.39, 0.29) is 0 Å². The molecular formula is C14H22N2. The predicted octanol–water partition coefficient (Wildman–Crippen LogP) is 2.26. The Morgan fingerprint density at radius 3 is 2.88 bits per heavy atom. The van der Waals surface area contributed by atoms with Crippen molar-refractivity contribution < 1.29 is 0 Å². The highest BCUT2D eigenvalue weighted by Gasteiger charge is 2.20. The lowest BCUT2D eigenvalue weighted by Crippen LogP contribution is -2.21. The second-order valence-corrected chi connectivity index (χ2v) is 4.79. The van der Waals surface area contributed by atoms with Crippen molar-refractivity contribution in [2.45, 2.75) is 25.8 Å². The van der Waals surface area contributed by atoms with E-state index in [1.54, 1.807) is 0 Å². The molecule has 2 rings (SSSR count). The zero-order valence-electron chi connectivity index (χ0n) is 10.3. The zero-order valence-corrected chi connectivity index (χ0v) is 10.3. The van der Waals surface area contributed by atoms with Crippen molar-refractivity contribution in [2.24, 2.45) is 5.92 Å². The Bertz CT molecular complexity index is 329. The fourth-order valence-electron chi connectivity index (χ4n) is 2.63. The molecule has 1 aromatic rings. The molecule has 1 aromatic carbocycles. The molecule has 0 aromatic heterocycles. The third-order valence-electron chi connectivity index (χ3n) is 3.64.